The van der Waals surface area contributed by atoms with Crippen molar-refractivity contribution in [1.29, 1.82) is 0 Å². The first-order chi connectivity index (χ1) is 15.9. The number of nitrogens with two attached hydrogens (primary N) is 2. The van der Waals surface area contributed by atoms with Crippen molar-refractivity contribution in [1.82, 2.24) is 16.0 Å². The molecule has 0 saturated heterocycles. The number of amides is 4. The summed E-state index contributed by atoms with van der Waals surface area (Å²) in [6.07, 6.45) is -1.39. The topological polar surface area (TPSA) is 231 Å². The number of carbonyl (C=O) groups excluding carboxylic acids is 4. The van der Waals surface area contributed by atoms with Crippen LogP contribution in [0.5, 0.6) is 0 Å². The van der Waals surface area contributed by atoms with Crippen molar-refractivity contribution in [2.75, 3.05) is 5.75 Å². The molecule has 0 spiro atoms. The number of benzene rings is 1. The van der Waals surface area contributed by atoms with Crippen LogP contribution in [0.3, 0.4) is 0 Å². The van der Waals surface area contributed by atoms with Gasteiger partial charge in [0, 0.05) is 12.2 Å². The lowest BCUT2D eigenvalue weighted by atomic mass is 10.0. The number of nitrogens with one attached hydrogen (secondary N) is 3. The first-order valence-corrected chi connectivity index (χ1v) is 10.6. The van der Waals surface area contributed by atoms with Crippen LogP contribution in [0.4, 0.5) is 0 Å². The number of hydrogen-bond acceptors (Lipinski definition) is 8. The Morgan fingerprint density at radius 3 is 1.85 bits per heavy atom. The quantitative estimate of drug-likeness (QED) is 0.125. The molecule has 9 N–H and O–H groups in total. The van der Waals surface area contributed by atoms with Gasteiger partial charge in [-0.2, -0.15) is 12.6 Å². The van der Waals surface area contributed by atoms with Gasteiger partial charge < -0.3 is 37.6 Å². The lowest BCUT2D eigenvalue weighted by Crippen LogP contribution is -2.58. The Hall–Kier alpha value is -3.65. The van der Waals surface area contributed by atoms with E-state index in [0.29, 0.717) is 5.56 Å². The highest BCUT2D eigenvalue weighted by Crippen LogP contribution is 2.05. The second-order valence-electron chi connectivity index (χ2n) is 7.27. The predicted molar refractivity (Wildman–Crippen MR) is 121 cm³/mol. The van der Waals surface area contributed by atoms with Gasteiger partial charge in [-0.1, -0.05) is 30.3 Å². The Bertz CT molecular complexity index is 913. The molecule has 14 heteroatoms. The molecule has 4 unspecified atom stereocenters. The largest absolute Gasteiger partial charge is 0.481 e. The maximum absolute atomic E-state index is 12.7. The standard InChI is InChI=1S/C20H27N5O8S/c21-11(7-16(27)28)17(29)25-14(9-34)19(31)23-12(8-15(22)26)18(30)24-13(20(32)33)6-10-4-2-1-3-5-10/h1-5,11-14,34H,6-9,21H2,(H2,22,26)(H,23,31)(H,24,30)(H,25,29)(H,27,28)(H,32,33). The second-order valence-corrected chi connectivity index (χ2v) is 7.63. The van der Waals surface area contributed by atoms with E-state index in [9.17, 15) is 33.9 Å². The summed E-state index contributed by atoms with van der Waals surface area (Å²) in [5.74, 6) is -6.74. The van der Waals surface area contributed by atoms with Crippen molar-refractivity contribution in [2.45, 2.75) is 43.4 Å². The third-order valence-electron chi connectivity index (χ3n) is 4.48. The van der Waals surface area contributed by atoms with Crippen LogP contribution in [0.2, 0.25) is 0 Å². The SMILES string of the molecule is NC(=O)CC(NC(=O)C(CS)NC(=O)C(N)CC(=O)O)C(=O)NC(Cc1ccccc1)C(=O)O. The van der Waals surface area contributed by atoms with Gasteiger partial charge in [0.25, 0.3) is 0 Å². The van der Waals surface area contributed by atoms with Crippen LogP contribution in [-0.2, 0) is 35.2 Å². The van der Waals surface area contributed by atoms with Crippen LogP contribution >= 0.6 is 12.6 Å². The summed E-state index contributed by atoms with van der Waals surface area (Å²) >= 11 is 3.95. The van der Waals surface area contributed by atoms with Crippen LogP contribution in [0.15, 0.2) is 30.3 Å². The first-order valence-electron chi connectivity index (χ1n) is 9.99. The van der Waals surface area contributed by atoms with Crippen LogP contribution < -0.4 is 27.4 Å². The molecule has 1 aromatic carbocycles. The van der Waals surface area contributed by atoms with Gasteiger partial charge in [0.05, 0.1) is 18.9 Å². The highest BCUT2D eigenvalue weighted by Gasteiger charge is 2.31. The smallest absolute Gasteiger partial charge is 0.326 e. The molecule has 1 aromatic rings. The van der Waals surface area contributed by atoms with Crippen molar-refractivity contribution >= 4 is 48.2 Å². The van der Waals surface area contributed by atoms with E-state index in [4.69, 9.17) is 16.6 Å². The Labute approximate surface area is 200 Å². The van der Waals surface area contributed by atoms with E-state index in [1.54, 1.807) is 30.3 Å². The lowest BCUT2D eigenvalue weighted by Gasteiger charge is -2.24. The number of aliphatic carboxylic acids is 2. The van der Waals surface area contributed by atoms with Crippen LogP contribution in [0, 0.1) is 0 Å². The fourth-order valence-corrected chi connectivity index (χ4v) is 3.02. The first kappa shape index (κ1) is 28.4. The van der Waals surface area contributed by atoms with E-state index in [1.807, 2.05) is 0 Å². The molecule has 4 atom stereocenters. The van der Waals surface area contributed by atoms with Crippen molar-refractivity contribution in [3.05, 3.63) is 35.9 Å². The molecule has 34 heavy (non-hydrogen) atoms. The average molecular weight is 498 g/mol. The molecule has 0 bridgehead atoms. The van der Waals surface area contributed by atoms with E-state index in [0.717, 1.165) is 0 Å². The highest BCUT2D eigenvalue weighted by molar-refractivity contribution is 7.80. The van der Waals surface area contributed by atoms with Gasteiger partial charge in [-0.05, 0) is 5.56 Å². The minimum atomic E-state index is -1.55. The van der Waals surface area contributed by atoms with Gasteiger partial charge in [-0.3, -0.25) is 24.0 Å². The fourth-order valence-electron chi connectivity index (χ4n) is 2.76. The Kier molecular flexibility index (Phi) is 11.5. The summed E-state index contributed by atoms with van der Waals surface area (Å²) < 4.78 is 0. The van der Waals surface area contributed by atoms with Crippen molar-refractivity contribution in [3.8, 4) is 0 Å². The molecule has 4 amide bonds. The zero-order valence-corrected chi connectivity index (χ0v) is 18.9. The summed E-state index contributed by atoms with van der Waals surface area (Å²) in [7, 11) is 0. The maximum Gasteiger partial charge on any atom is 0.326 e. The molecule has 0 heterocycles. The van der Waals surface area contributed by atoms with E-state index < -0.39 is 72.6 Å². The fraction of sp³-hybridized carbons (Fsp3) is 0.400. The molecule has 0 aliphatic heterocycles. The van der Waals surface area contributed by atoms with Gasteiger partial charge in [0.15, 0.2) is 0 Å². The van der Waals surface area contributed by atoms with Gasteiger partial charge >= 0.3 is 11.9 Å². The molecule has 13 nitrogen and oxygen atoms in total. The summed E-state index contributed by atoms with van der Waals surface area (Å²) in [6, 6.07) is 2.78. The monoisotopic (exact) mass is 497 g/mol. The zero-order chi connectivity index (χ0) is 25.8. The second kappa shape index (κ2) is 13.8. The Morgan fingerprint density at radius 1 is 0.824 bits per heavy atom. The van der Waals surface area contributed by atoms with Crippen LogP contribution in [-0.4, -0.2) is 75.7 Å². The Morgan fingerprint density at radius 2 is 1.35 bits per heavy atom. The predicted octanol–water partition coefficient (Wildman–Crippen LogP) is -2.62. The molecule has 0 radical (unpaired) electrons. The van der Waals surface area contributed by atoms with E-state index in [-0.39, 0.29) is 12.2 Å². The number of primary amides is 1. The van der Waals surface area contributed by atoms with Gasteiger partial charge in [0.1, 0.15) is 18.1 Å². The van der Waals surface area contributed by atoms with Gasteiger partial charge in [-0.25, -0.2) is 4.79 Å². The normalized spacial score (nSPS) is 14.1. The van der Waals surface area contributed by atoms with Crippen LogP contribution in [0.1, 0.15) is 18.4 Å². The molecular formula is C20H27N5O8S. The number of thiol groups is 1. The van der Waals surface area contributed by atoms with E-state index in [2.05, 4.69) is 28.6 Å². The third kappa shape index (κ3) is 9.87. The molecule has 1 rings (SSSR count). The van der Waals surface area contributed by atoms with Gasteiger partial charge in [0.2, 0.25) is 23.6 Å². The lowest BCUT2D eigenvalue weighted by molar-refractivity contribution is -0.142. The summed E-state index contributed by atoms with van der Waals surface area (Å²) in [4.78, 5) is 71.0. The zero-order valence-electron chi connectivity index (χ0n) is 18.0. The molecule has 186 valence electrons. The van der Waals surface area contributed by atoms with Crippen molar-refractivity contribution in [2.24, 2.45) is 11.5 Å². The summed E-state index contributed by atoms with van der Waals surface area (Å²) in [5.41, 5.74) is 11.2. The maximum atomic E-state index is 12.7. The number of hydrogen-bond donors (Lipinski definition) is 8. The number of carboxylic acid groups (broad SMARTS) is 2. The third-order valence-corrected chi connectivity index (χ3v) is 4.85. The van der Waals surface area contributed by atoms with Crippen LogP contribution in [0.25, 0.3) is 0 Å². The minimum absolute atomic E-state index is 0.0596. The van der Waals surface area contributed by atoms with Crippen molar-refractivity contribution in [3.63, 3.8) is 0 Å². The Balaban J connectivity index is 2.91. The number of rotatable bonds is 14. The molecule has 0 fully saturated rings. The number of carboxylic acids is 2. The van der Waals surface area contributed by atoms with E-state index in [1.165, 1.54) is 0 Å². The van der Waals surface area contributed by atoms with Gasteiger partial charge in [-0.15, -0.1) is 0 Å². The molecular weight excluding hydrogens is 470 g/mol. The molecule has 0 aromatic heterocycles. The molecule has 0 aliphatic rings. The molecule has 0 saturated carbocycles. The summed E-state index contributed by atoms with van der Waals surface area (Å²) in [6.45, 7) is 0. The molecule has 0 aliphatic carbocycles. The van der Waals surface area contributed by atoms with E-state index >= 15 is 0 Å². The average Bonchev–Trinajstić information content (AvgIpc) is 2.75. The minimum Gasteiger partial charge on any atom is -0.481 e. The van der Waals surface area contributed by atoms with Crippen molar-refractivity contribution < 1.29 is 39.0 Å². The number of carbonyl (C=O) groups is 6. The summed E-state index contributed by atoms with van der Waals surface area (Å²) in [5, 5.41) is 24.9. The highest BCUT2D eigenvalue weighted by atomic mass is 32.1.